The zero-order valence-electron chi connectivity index (χ0n) is 15.5. The van der Waals surface area contributed by atoms with Gasteiger partial charge in [-0.3, -0.25) is 9.59 Å². The topological polar surface area (TPSA) is 43.4 Å². The first kappa shape index (κ1) is 16.6. The van der Waals surface area contributed by atoms with Crippen molar-refractivity contribution in [2.24, 2.45) is 34.5 Å². The lowest BCUT2D eigenvalue weighted by atomic mass is 9.45. The van der Waals surface area contributed by atoms with Crippen molar-refractivity contribution in [3.63, 3.8) is 0 Å². The normalized spacial score (nSPS) is 50.6. The summed E-state index contributed by atoms with van der Waals surface area (Å²) in [7, 11) is 0. The van der Waals surface area contributed by atoms with Crippen LogP contribution in [0.4, 0.5) is 0 Å². The van der Waals surface area contributed by atoms with Crippen molar-refractivity contribution in [3.8, 4) is 0 Å². The van der Waals surface area contributed by atoms with Gasteiger partial charge in [0, 0.05) is 24.7 Å². The monoisotopic (exact) mass is 332 g/mol. The second-order valence-corrected chi connectivity index (χ2v) is 9.58. The largest absolute Gasteiger partial charge is 0.462 e. The van der Waals surface area contributed by atoms with E-state index in [9.17, 15) is 9.59 Å². The summed E-state index contributed by atoms with van der Waals surface area (Å²) in [5.41, 5.74) is 0.387. The lowest BCUT2D eigenvalue weighted by molar-refractivity contribution is -0.166. The van der Waals surface area contributed by atoms with E-state index in [-0.39, 0.29) is 23.4 Å². The average Bonchev–Trinajstić information content (AvgIpc) is 2.84. The van der Waals surface area contributed by atoms with Gasteiger partial charge >= 0.3 is 5.97 Å². The first-order valence-electron chi connectivity index (χ1n) is 10.1. The lowest BCUT2D eigenvalue weighted by Gasteiger charge is -2.59. The van der Waals surface area contributed by atoms with E-state index in [1.54, 1.807) is 0 Å². The Balaban J connectivity index is 1.64. The molecule has 0 saturated heterocycles. The van der Waals surface area contributed by atoms with Crippen LogP contribution in [0.2, 0.25) is 0 Å². The molecule has 7 atom stereocenters. The second-order valence-electron chi connectivity index (χ2n) is 9.58. The van der Waals surface area contributed by atoms with E-state index >= 15 is 0 Å². The highest BCUT2D eigenvalue weighted by molar-refractivity contribution is 5.83. The molecule has 0 amide bonds. The molecular formula is C21H32O3. The summed E-state index contributed by atoms with van der Waals surface area (Å²) in [6.45, 7) is 6.29. The van der Waals surface area contributed by atoms with Crippen LogP contribution in [0, 0.1) is 34.5 Å². The summed E-state index contributed by atoms with van der Waals surface area (Å²) in [4.78, 5) is 24.6. The fourth-order valence-corrected chi connectivity index (χ4v) is 7.31. The summed E-state index contributed by atoms with van der Waals surface area (Å²) in [5.74, 6) is 2.20. The number of fused-ring (bicyclic) bond motifs is 5. The van der Waals surface area contributed by atoms with Crippen molar-refractivity contribution in [1.29, 1.82) is 0 Å². The molecule has 3 heteroatoms. The Morgan fingerprint density at radius 1 is 1.00 bits per heavy atom. The summed E-state index contributed by atoms with van der Waals surface area (Å²) < 4.78 is 5.68. The molecule has 0 aromatic rings. The molecule has 0 N–H and O–H groups in total. The van der Waals surface area contributed by atoms with Gasteiger partial charge in [-0.2, -0.15) is 0 Å². The van der Waals surface area contributed by atoms with Crippen LogP contribution in [-0.2, 0) is 14.3 Å². The molecule has 0 bridgehead atoms. The van der Waals surface area contributed by atoms with Crippen LogP contribution < -0.4 is 0 Å². The third-order valence-corrected chi connectivity index (χ3v) is 8.61. The Kier molecular flexibility index (Phi) is 3.85. The Labute approximate surface area is 145 Å². The van der Waals surface area contributed by atoms with Gasteiger partial charge in [0.15, 0.2) is 0 Å². The van der Waals surface area contributed by atoms with Gasteiger partial charge in [0.1, 0.15) is 11.9 Å². The predicted octanol–water partition coefficient (Wildman–Crippen LogP) is 4.53. The number of hydrogen-bond acceptors (Lipinski definition) is 3. The number of hydrogen-bond donors (Lipinski definition) is 0. The number of ether oxygens (including phenoxy) is 1. The van der Waals surface area contributed by atoms with E-state index in [4.69, 9.17) is 4.74 Å². The van der Waals surface area contributed by atoms with Crippen molar-refractivity contribution >= 4 is 11.8 Å². The molecular weight excluding hydrogens is 300 g/mol. The zero-order chi connectivity index (χ0) is 17.1. The molecule has 4 aliphatic rings. The Hall–Kier alpha value is -0.860. The number of carbonyl (C=O) groups is 2. The summed E-state index contributed by atoms with van der Waals surface area (Å²) >= 11 is 0. The highest BCUT2D eigenvalue weighted by Crippen LogP contribution is 2.65. The molecule has 0 aromatic heterocycles. The molecule has 3 nitrogen and oxygen atoms in total. The van der Waals surface area contributed by atoms with Crippen molar-refractivity contribution in [2.75, 3.05) is 0 Å². The van der Waals surface area contributed by atoms with E-state index in [2.05, 4.69) is 13.8 Å². The molecule has 0 unspecified atom stereocenters. The molecule has 24 heavy (non-hydrogen) atoms. The fourth-order valence-electron chi connectivity index (χ4n) is 7.31. The first-order chi connectivity index (χ1) is 11.4. The molecule has 134 valence electrons. The summed E-state index contributed by atoms with van der Waals surface area (Å²) in [6, 6.07) is 0. The second kappa shape index (κ2) is 5.57. The molecule has 0 heterocycles. The smallest absolute Gasteiger partial charge is 0.302 e. The van der Waals surface area contributed by atoms with Crippen LogP contribution in [0.1, 0.15) is 78.6 Å². The van der Waals surface area contributed by atoms with Crippen LogP contribution in [0.25, 0.3) is 0 Å². The van der Waals surface area contributed by atoms with Crippen LogP contribution in [0.15, 0.2) is 0 Å². The van der Waals surface area contributed by atoms with Gasteiger partial charge in [-0.15, -0.1) is 0 Å². The minimum atomic E-state index is -0.168. The minimum Gasteiger partial charge on any atom is -0.462 e. The Morgan fingerprint density at radius 3 is 2.50 bits per heavy atom. The van der Waals surface area contributed by atoms with E-state index in [1.807, 2.05) is 0 Å². The predicted molar refractivity (Wildman–Crippen MR) is 92.3 cm³/mol. The number of ketones is 1. The van der Waals surface area contributed by atoms with Gasteiger partial charge in [0.2, 0.25) is 0 Å². The molecule has 4 aliphatic carbocycles. The van der Waals surface area contributed by atoms with E-state index in [0.29, 0.717) is 29.0 Å². The van der Waals surface area contributed by atoms with Gasteiger partial charge < -0.3 is 4.74 Å². The highest BCUT2D eigenvalue weighted by Gasteiger charge is 2.62. The fraction of sp³-hybridized carbons (Fsp3) is 0.905. The van der Waals surface area contributed by atoms with Crippen LogP contribution in [0.3, 0.4) is 0 Å². The van der Waals surface area contributed by atoms with Crippen LogP contribution in [0.5, 0.6) is 0 Å². The first-order valence-corrected chi connectivity index (χ1v) is 10.1. The van der Waals surface area contributed by atoms with Gasteiger partial charge in [-0.25, -0.2) is 0 Å². The van der Waals surface area contributed by atoms with Gasteiger partial charge in [-0.05, 0) is 61.7 Å². The summed E-state index contributed by atoms with van der Waals surface area (Å²) in [5, 5.41) is 0. The Morgan fingerprint density at radius 2 is 1.75 bits per heavy atom. The maximum atomic E-state index is 13.1. The number of carbonyl (C=O) groups excluding carboxylic acids is 2. The minimum absolute atomic E-state index is 0.0142. The van der Waals surface area contributed by atoms with E-state index < -0.39 is 0 Å². The highest BCUT2D eigenvalue weighted by atomic mass is 16.5. The Bertz CT molecular complexity index is 555. The van der Waals surface area contributed by atoms with Crippen molar-refractivity contribution in [2.45, 2.75) is 84.7 Å². The van der Waals surface area contributed by atoms with Crippen LogP contribution in [-0.4, -0.2) is 17.9 Å². The maximum absolute atomic E-state index is 13.1. The van der Waals surface area contributed by atoms with Crippen LogP contribution >= 0.6 is 0 Å². The van der Waals surface area contributed by atoms with Gasteiger partial charge in [0.05, 0.1) is 0 Å². The quantitative estimate of drug-likeness (QED) is 0.663. The third-order valence-electron chi connectivity index (χ3n) is 8.61. The van der Waals surface area contributed by atoms with Crippen molar-refractivity contribution in [3.05, 3.63) is 0 Å². The molecule has 0 aliphatic heterocycles. The average molecular weight is 332 g/mol. The maximum Gasteiger partial charge on any atom is 0.302 e. The zero-order valence-corrected chi connectivity index (χ0v) is 15.5. The third kappa shape index (κ3) is 2.22. The molecule has 0 radical (unpaired) electrons. The van der Waals surface area contributed by atoms with Crippen molar-refractivity contribution < 1.29 is 14.3 Å². The molecule has 4 rings (SSSR count). The SMILES string of the molecule is CC(=O)O[C@@H]1CC[C@@H]2[C@@H]3C(=O)C[C@H]4CCCC[C@]4(C)[C@@H]3CC[C@@]21C. The molecule has 4 saturated carbocycles. The number of esters is 1. The number of Topliss-reactive ketones (excluding diaryl/α,β-unsaturated/α-hetero) is 1. The molecule has 0 aromatic carbocycles. The molecule has 0 spiro atoms. The van der Waals surface area contributed by atoms with E-state index in [0.717, 1.165) is 32.1 Å². The molecule has 4 fully saturated rings. The van der Waals surface area contributed by atoms with Crippen molar-refractivity contribution in [1.82, 2.24) is 0 Å². The van der Waals surface area contributed by atoms with Gasteiger partial charge in [0.25, 0.3) is 0 Å². The lowest BCUT2D eigenvalue weighted by Crippen LogP contribution is -2.56. The number of rotatable bonds is 1. The summed E-state index contributed by atoms with van der Waals surface area (Å²) in [6.07, 6.45) is 10.3. The van der Waals surface area contributed by atoms with Gasteiger partial charge in [-0.1, -0.05) is 26.7 Å². The van der Waals surface area contributed by atoms with E-state index in [1.165, 1.54) is 32.6 Å². The standard InChI is InChI=1S/C21H32O3/c1-13(22)24-18-8-7-15-19-16(9-11-21(15,18)3)20(2)10-5-4-6-14(20)12-17(19)23/h14-16,18-19H,4-12H2,1-3H3/t14-,15-,16-,18-,19+,20+,21+/m1/s1.